The van der Waals surface area contributed by atoms with Gasteiger partial charge >= 0.3 is 0 Å². The van der Waals surface area contributed by atoms with Crippen LogP contribution in [0.15, 0.2) is 83.9 Å². The van der Waals surface area contributed by atoms with E-state index < -0.39 is 0 Å². The van der Waals surface area contributed by atoms with Gasteiger partial charge in [0.15, 0.2) is 5.76 Å². The Labute approximate surface area is 150 Å². The average Bonchev–Trinajstić information content (AvgIpc) is 3.40. The molecule has 1 N–H and O–H groups in total. The monoisotopic (exact) mass is 344 g/mol. The van der Waals surface area contributed by atoms with E-state index >= 15 is 0 Å². The fourth-order valence-corrected chi connectivity index (χ4v) is 2.59. The Morgan fingerprint density at radius 2 is 2.08 bits per heavy atom. The van der Waals surface area contributed by atoms with Crippen LogP contribution in [0.1, 0.15) is 15.9 Å². The minimum absolute atomic E-state index is 0.144. The molecule has 0 unspecified atom stereocenters. The lowest BCUT2D eigenvalue weighted by Gasteiger charge is -2.07. The largest absolute Gasteiger partial charge is 0.463 e. The Morgan fingerprint density at radius 1 is 1.12 bits per heavy atom. The van der Waals surface area contributed by atoms with E-state index in [0.29, 0.717) is 12.1 Å². The second kappa shape index (κ2) is 7.06. The Hall–Kier alpha value is -3.67. The van der Waals surface area contributed by atoms with E-state index in [1.165, 1.54) is 0 Å². The third-order valence-electron chi connectivity index (χ3n) is 3.93. The summed E-state index contributed by atoms with van der Waals surface area (Å²) in [6.07, 6.45) is 6.89. The van der Waals surface area contributed by atoms with Crippen molar-refractivity contribution >= 4 is 5.91 Å². The number of hydrogen-bond donors (Lipinski definition) is 1. The first-order valence-electron chi connectivity index (χ1n) is 8.17. The molecule has 3 heterocycles. The number of nitrogens with zero attached hydrogens (tertiary/aromatic N) is 3. The summed E-state index contributed by atoms with van der Waals surface area (Å²) in [4.78, 5) is 16.8. The number of rotatable bonds is 5. The van der Waals surface area contributed by atoms with Crippen LogP contribution in [0.2, 0.25) is 0 Å². The molecule has 0 aliphatic rings. The lowest BCUT2D eigenvalue weighted by Crippen LogP contribution is -2.23. The summed E-state index contributed by atoms with van der Waals surface area (Å²) in [7, 11) is 0. The Morgan fingerprint density at radius 3 is 2.81 bits per heavy atom. The maximum absolute atomic E-state index is 12.4. The van der Waals surface area contributed by atoms with E-state index in [1.54, 1.807) is 35.5 Å². The van der Waals surface area contributed by atoms with Gasteiger partial charge < -0.3 is 9.73 Å². The van der Waals surface area contributed by atoms with Crippen molar-refractivity contribution in [3.63, 3.8) is 0 Å². The molecule has 0 fully saturated rings. The molecule has 0 radical (unpaired) electrons. The fraction of sp³-hybridized carbons (Fsp3) is 0.0500. The maximum atomic E-state index is 12.4. The fourth-order valence-electron chi connectivity index (χ4n) is 2.59. The van der Waals surface area contributed by atoms with Gasteiger partial charge in [-0.1, -0.05) is 12.1 Å². The predicted molar refractivity (Wildman–Crippen MR) is 96.7 cm³/mol. The van der Waals surface area contributed by atoms with Crippen LogP contribution in [0, 0.1) is 0 Å². The highest BCUT2D eigenvalue weighted by molar-refractivity contribution is 5.94. The summed E-state index contributed by atoms with van der Waals surface area (Å²) in [5.74, 6) is 0.574. The van der Waals surface area contributed by atoms with Crippen molar-refractivity contribution < 1.29 is 9.21 Å². The second-order valence-electron chi connectivity index (χ2n) is 5.71. The van der Waals surface area contributed by atoms with Gasteiger partial charge in [0.2, 0.25) is 0 Å². The molecule has 3 aromatic heterocycles. The molecular formula is C20H16N4O2. The Balaban J connectivity index is 1.42. The van der Waals surface area contributed by atoms with Gasteiger partial charge in [-0.3, -0.25) is 9.78 Å². The first-order chi connectivity index (χ1) is 12.8. The van der Waals surface area contributed by atoms with Gasteiger partial charge in [0.1, 0.15) is 5.69 Å². The summed E-state index contributed by atoms with van der Waals surface area (Å²) in [6, 6.07) is 16.6. The molecule has 26 heavy (non-hydrogen) atoms. The minimum Gasteiger partial charge on any atom is -0.463 e. The van der Waals surface area contributed by atoms with Gasteiger partial charge in [0, 0.05) is 30.7 Å². The van der Waals surface area contributed by atoms with Crippen LogP contribution < -0.4 is 5.32 Å². The number of carbonyl (C=O) groups is 1. The smallest absolute Gasteiger partial charge is 0.251 e. The maximum Gasteiger partial charge on any atom is 0.251 e. The standard InChI is InChI=1S/C20H16N4O2/c25-20(16-4-1-5-17(12-16)24-10-3-9-23-24)22-14-15-7-8-18(21-13-15)19-6-2-11-26-19/h1-13H,14H2,(H,22,25). The van der Waals surface area contributed by atoms with Crippen molar-refractivity contribution in [3.8, 4) is 17.1 Å². The molecule has 0 saturated carbocycles. The van der Waals surface area contributed by atoms with Gasteiger partial charge in [-0.2, -0.15) is 5.10 Å². The zero-order valence-electron chi connectivity index (χ0n) is 13.9. The molecule has 1 aromatic carbocycles. The second-order valence-corrected chi connectivity index (χ2v) is 5.71. The van der Waals surface area contributed by atoms with Crippen LogP contribution in [0.25, 0.3) is 17.1 Å². The molecule has 0 saturated heterocycles. The predicted octanol–water partition coefficient (Wildman–Crippen LogP) is 3.46. The van der Waals surface area contributed by atoms with E-state index in [-0.39, 0.29) is 5.91 Å². The number of aromatic nitrogens is 3. The normalized spacial score (nSPS) is 10.6. The third kappa shape index (κ3) is 3.39. The van der Waals surface area contributed by atoms with Crippen LogP contribution in [0.3, 0.4) is 0 Å². The molecule has 1 amide bonds. The molecule has 0 spiro atoms. The topological polar surface area (TPSA) is 73.0 Å². The molecule has 6 nitrogen and oxygen atoms in total. The molecule has 4 aromatic rings. The highest BCUT2D eigenvalue weighted by Crippen LogP contribution is 2.17. The highest BCUT2D eigenvalue weighted by Gasteiger charge is 2.08. The van der Waals surface area contributed by atoms with Crippen molar-refractivity contribution in [1.29, 1.82) is 0 Å². The lowest BCUT2D eigenvalue weighted by atomic mass is 10.1. The van der Waals surface area contributed by atoms with Crippen molar-refractivity contribution in [2.75, 3.05) is 0 Å². The van der Waals surface area contributed by atoms with Crippen molar-refractivity contribution in [2.24, 2.45) is 0 Å². The van der Waals surface area contributed by atoms with Gasteiger partial charge in [0.05, 0.1) is 12.0 Å². The lowest BCUT2D eigenvalue weighted by molar-refractivity contribution is 0.0951. The molecule has 0 atom stereocenters. The van der Waals surface area contributed by atoms with Crippen molar-refractivity contribution in [1.82, 2.24) is 20.1 Å². The van der Waals surface area contributed by atoms with E-state index in [0.717, 1.165) is 22.7 Å². The molecule has 0 aliphatic carbocycles. The molecule has 4 rings (SSSR count). The number of nitrogens with one attached hydrogen (secondary N) is 1. The number of pyridine rings is 1. The van der Waals surface area contributed by atoms with Gasteiger partial charge in [-0.25, -0.2) is 4.68 Å². The summed E-state index contributed by atoms with van der Waals surface area (Å²) >= 11 is 0. The molecule has 128 valence electrons. The number of hydrogen-bond acceptors (Lipinski definition) is 4. The molecule has 0 aliphatic heterocycles. The van der Waals surface area contributed by atoms with Gasteiger partial charge in [0.25, 0.3) is 5.91 Å². The zero-order valence-corrected chi connectivity index (χ0v) is 13.9. The number of amides is 1. The quantitative estimate of drug-likeness (QED) is 0.602. The summed E-state index contributed by atoms with van der Waals surface area (Å²) in [5, 5.41) is 7.09. The highest BCUT2D eigenvalue weighted by atomic mass is 16.3. The number of benzene rings is 1. The van der Waals surface area contributed by atoms with Crippen LogP contribution >= 0.6 is 0 Å². The Kier molecular flexibility index (Phi) is 4.30. The van der Waals surface area contributed by atoms with Crippen molar-refractivity contribution in [3.05, 3.63) is 90.6 Å². The molecule has 6 heteroatoms. The minimum atomic E-state index is -0.144. The first-order valence-corrected chi connectivity index (χ1v) is 8.17. The van der Waals surface area contributed by atoms with Crippen LogP contribution in [-0.2, 0) is 6.54 Å². The van der Waals surface area contributed by atoms with Crippen LogP contribution in [0.4, 0.5) is 0 Å². The van der Waals surface area contributed by atoms with E-state index in [1.807, 2.05) is 48.7 Å². The summed E-state index contributed by atoms with van der Waals surface area (Å²) in [5.41, 5.74) is 3.10. The summed E-state index contributed by atoms with van der Waals surface area (Å²) in [6.45, 7) is 0.399. The number of furan rings is 1. The molecule has 0 bridgehead atoms. The van der Waals surface area contributed by atoms with Gasteiger partial charge in [-0.15, -0.1) is 0 Å². The van der Waals surface area contributed by atoms with Gasteiger partial charge in [-0.05, 0) is 48.0 Å². The molecular weight excluding hydrogens is 328 g/mol. The van der Waals surface area contributed by atoms with Crippen LogP contribution in [0.5, 0.6) is 0 Å². The Bertz CT molecular complexity index is 991. The SMILES string of the molecule is O=C(NCc1ccc(-c2ccco2)nc1)c1cccc(-n2cccn2)c1. The third-order valence-corrected chi connectivity index (χ3v) is 3.93. The van der Waals surface area contributed by atoms with Crippen LogP contribution in [-0.4, -0.2) is 20.7 Å². The van der Waals surface area contributed by atoms with E-state index in [2.05, 4.69) is 15.4 Å². The first kappa shape index (κ1) is 15.8. The average molecular weight is 344 g/mol. The zero-order chi connectivity index (χ0) is 17.8. The summed E-state index contributed by atoms with van der Waals surface area (Å²) < 4.78 is 7.03. The van der Waals surface area contributed by atoms with Crippen molar-refractivity contribution in [2.45, 2.75) is 6.54 Å². The van der Waals surface area contributed by atoms with E-state index in [4.69, 9.17) is 4.42 Å². The van der Waals surface area contributed by atoms with E-state index in [9.17, 15) is 4.79 Å². The number of carbonyl (C=O) groups excluding carboxylic acids is 1.